The number of amides is 2. The first-order chi connectivity index (χ1) is 15.2. The Labute approximate surface area is 196 Å². The summed E-state index contributed by atoms with van der Waals surface area (Å²) in [5, 5.41) is 0. The molecule has 1 saturated heterocycles. The van der Waals surface area contributed by atoms with E-state index in [1.165, 1.54) is 18.4 Å². The minimum Gasteiger partial charge on any atom is -0.334 e. The topological polar surface area (TPSA) is 43.9 Å². The Bertz CT molecular complexity index is 968. The zero-order valence-corrected chi connectivity index (χ0v) is 19.4. The fourth-order valence-electron chi connectivity index (χ4n) is 5.30. The van der Waals surface area contributed by atoms with E-state index in [9.17, 15) is 9.59 Å². The molecule has 0 spiro atoms. The third-order valence-electron chi connectivity index (χ3n) is 7.13. The van der Waals surface area contributed by atoms with Gasteiger partial charge in [0.05, 0.1) is 0 Å². The Morgan fingerprint density at radius 1 is 0.719 bits per heavy atom. The molecule has 5 nitrogen and oxygen atoms in total. The normalized spacial score (nSPS) is 18.6. The van der Waals surface area contributed by atoms with Crippen molar-refractivity contribution in [3.05, 3.63) is 70.8 Å². The minimum absolute atomic E-state index is 0. The molecular formula is C26H32ClN3O2. The molecule has 0 saturated carbocycles. The van der Waals surface area contributed by atoms with Crippen LogP contribution in [0.2, 0.25) is 0 Å². The highest BCUT2D eigenvalue weighted by Gasteiger charge is 2.30. The summed E-state index contributed by atoms with van der Waals surface area (Å²) in [5.74, 6) is 1.00. The van der Waals surface area contributed by atoms with Crippen molar-refractivity contribution in [2.24, 2.45) is 5.92 Å². The largest absolute Gasteiger partial charge is 0.334 e. The molecule has 0 atom stereocenters. The molecule has 2 aromatic rings. The second kappa shape index (κ2) is 10.1. The first-order valence-corrected chi connectivity index (χ1v) is 11.7. The van der Waals surface area contributed by atoms with Gasteiger partial charge in [0.1, 0.15) is 0 Å². The number of carbonyl (C=O) groups excluding carboxylic acids is 2. The van der Waals surface area contributed by atoms with Gasteiger partial charge in [0.25, 0.3) is 11.8 Å². The molecule has 0 bridgehead atoms. The first kappa shape index (κ1) is 22.8. The predicted octanol–water partition coefficient (Wildman–Crippen LogP) is 4.21. The fraction of sp³-hybridized carbons (Fsp3) is 0.462. The summed E-state index contributed by atoms with van der Waals surface area (Å²) >= 11 is 0. The number of likely N-dealkylation sites (tertiary alicyclic amines) is 1. The van der Waals surface area contributed by atoms with Gasteiger partial charge in [-0.1, -0.05) is 36.4 Å². The lowest BCUT2D eigenvalue weighted by Crippen LogP contribution is -2.39. The average molecular weight is 454 g/mol. The van der Waals surface area contributed by atoms with Gasteiger partial charge in [-0.2, -0.15) is 0 Å². The van der Waals surface area contributed by atoms with E-state index >= 15 is 0 Å². The summed E-state index contributed by atoms with van der Waals surface area (Å²) in [4.78, 5) is 31.6. The Morgan fingerprint density at radius 3 is 1.88 bits per heavy atom. The zero-order valence-electron chi connectivity index (χ0n) is 18.5. The van der Waals surface area contributed by atoms with Crippen molar-refractivity contribution >= 4 is 24.2 Å². The standard InChI is InChI=1S/C26H31N3O2.ClH/c30-25-23-9-3-1-7-21(23)18-28(25)14-6-5-13-27-15-11-20(12-16-27)17-29-19-22-8-2-4-10-24(22)26(29)31;/h1-4,7-10,20H,5-6,11-19H2;1H. The smallest absolute Gasteiger partial charge is 0.254 e. The van der Waals surface area contributed by atoms with Gasteiger partial charge in [0, 0.05) is 37.3 Å². The fourth-order valence-corrected chi connectivity index (χ4v) is 5.30. The number of halogens is 1. The number of rotatable bonds is 7. The maximum absolute atomic E-state index is 12.6. The maximum Gasteiger partial charge on any atom is 0.254 e. The van der Waals surface area contributed by atoms with Gasteiger partial charge in [-0.15, -0.1) is 12.4 Å². The summed E-state index contributed by atoms with van der Waals surface area (Å²) in [5.41, 5.74) is 4.10. The summed E-state index contributed by atoms with van der Waals surface area (Å²) < 4.78 is 0. The molecule has 3 heterocycles. The molecule has 0 unspecified atom stereocenters. The zero-order chi connectivity index (χ0) is 21.2. The van der Waals surface area contributed by atoms with Gasteiger partial charge in [0.15, 0.2) is 0 Å². The Balaban J connectivity index is 0.00000245. The Morgan fingerprint density at radius 2 is 1.25 bits per heavy atom. The monoisotopic (exact) mass is 453 g/mol. The van der Waals surface area contributed by atoms with Crippen LogP contribution in [0.1, 0.15) is 57.5 Å². The second-order valence-electron chi connectivity index (χ2n) is 9.22. The number of hydrogen-bond acceptors (Lipinski definition) is 3. The summed E-state index contributed by atoms with van der Waals surface area (Å²) in [7, 11) is 0. The molecule has 2 aromatic carbocycles. The highest BCUT2D eigenvalue weighted by molar-refractivity contribution is 5.98. The number of hydrogen-bond donors (Lipinski definition) is 0. The van der Waals surface area contributed by atoms with Crippen molar-refractivity contribution in [1.29, 1.82) is 0 Å². The molecule has 32 heavy (non-hydrogen) atoms. The molecule has 0 radical (unpaired) electrons. The van der Waals surface area contributed by atoms with Crippen molar-refractivity contribution in [1.82, 2.24) is 14.7 Å². The lowest BCUT2D eigenvalue weighted by molar-refractivity contribution is 0.0713. The van der Waals surface area contributed by atoms with E-state index in [-0.39, 0.29) is 24.2 Å². The molecule has 170 valence electrons. The van der Waals surface area contributed by atoms with Gasteiger partial charge in [-0.05, 0) is 74.5 Å². The lowest BCUT2D eigenvalue weighted by atomic mass is 9.96. The van der Waals surface area contributed by atoms with Gasteiger partial charge in [-0.3, -0.25) is 9.59 Å². The molecular weight excluding hydrogens is 422 g/mol. The summed E-state index contributed by atoms with van der Waals surface area (Å²) in [6.07, 6.45) is 4.52. The summed E-state index contributed by atoms with van der Waals surface area (Å²) in [6.45, 7) is 6.62. The van der Waals surface area contributed by atoms with Crippen LogP contribution >= 0.6 is 12.4 Å². The number of fused-ring (bicyclic) bond motifs is 2. The van der Waals surface area contributed by atoms with Crippen molar-refractivity contribution in [2.75, 3.05) is 32.7 Å². The SMILES string of the molecule is Cl.O=C1c2ccccc2CN1CCCCN1CCC(CN2Cc3ccccc3C2=O)CC1. The van der Waals surface area contributed by atoms with Gasteiger partial charge >= 0.3 is 0 Å². The molecule has 2 amide bonds. The van der Waals surface area contributed by atoms with Crippen LogP contribution in [0.25, 0.3) is 0 Å². The van der Waals surface area contributed by atoms with Crippen LogP contribution in [-0.4, -0.2) is 59.2 Å². The molecule has 3 aliphatic heterocycles. The molecule has 3 aliphatic rings. The van der Waals surface area contributed by atoms with E-state index in [2.05, 4.69) is 17.0 Å². The van der Waals surface area contributed by atoms with E-state index in [1.54, 1.807) is 0 Å². The Kier molecular flexibility index (Phi) is 7.17. The summed E-state index contributed by atoms with van der Waals surface area (Å²) in [6, 6.07) is 16.0. The van der Waals surface area contributed by atoms with Crippen molar-refractivity contribution in [2.45, 2.75) is 38.8 Å². The van der Waals surface area contributed by atoms with Crippen LogP contribution < -0.4 is 0 Å². The van der Waals surface area contributed by atoms with Gasteiger partial charge < -0.3 is 14.7 Å². The number of nitrogens with zero attached hydrogens (tertiary/aromatic N) is 3. The molecule has 6 heteroatoms. The predicted molar refractivity (Wildman–Crippen MR) is 128 cm³/mol. The van der Waals surface area contributed by atoms with Gasteiger partial charge in [-0.25, -0.2) is 0 Å². The van der Waals surface area contributed by atoms with Crippen LogP contribution in [0.3, 0.4) is 0 Å². The highest BCUT2D eigenvalue weighted by Crippen LogP contribution is 2.27. The molecule has 0 N–H and O–H groups in total. The number of carbonyl (C=O) groups is 2. The minimum atomic E-state index is 0. The van der Waals surface area contributed by atoms with Crippen molar-refractivity contribution < 1.29 is 9.59 Å². The average Bonchev–Trinajstić information content (AvgIpc) is 3.29. The lowest BCUT2D eigenvalue weighted by Gasteiger charge is -2.34. The van der Waals surface area contributed by atoms with Crippen LogP contribution in [0.5, 0.6) is 0 Å². The molecule has 0 aliphatic carbocycles. The van der Waals surface area contributed by atoms with Crippen LogP contribution in [0.15, 0.2) is 48.5 Å². The van der Waals surface area contributed by atoms with E-state index in [1.807, 2.05) is 46.2 Å². The highest BCUT2D eigenvalue weighted by atomic mass is 35.5. The first-order valence-electron chi connectivity index (χ1n) is 11.7. The third-order valence-corrected chi connectivity index (χ3v) is 7.13. The van der Waals surface area contributed by atoms with Crippen molar-refractivity contribution in [3.8, 4) is 0 Å². The van der Waals surface area contributed by atoms with E-state index in [0.717, 1.165) is 75.3 Å². The van der Waals surface area contributed by atoms with Crippen LogP contribution in [0.4, 0.5) is 0 Å². The van der Waals surface area contributed by atoms with Gasteiger partial charge in [0.2, 0.25) is 0 Å². The molecule has 5 rings (SSSR count). The van der Waals surface area contributed by atoms with E-state index in [4.69, 9.17) is 0 Å². The molecule has 0 aromatic heterocycles. The van der Waals surface area contributed by atoms with E-state index < -0.39 is 0 Å². The van der Waals surface area contributed by atoms with Crippen LogP contribution in [0, 0.1) is 5.92 Å². The second-order valence-corrected chi connectivity index (χ2v) is 9.22. The number of benzene rings is 2. The Hall–Kier alpha value is -2.37. The number of piperidine rings is 1. The third kappa shape index (κ3) is 4.69. The maximum atomic E-state index is 12.6. The quantitative estimate of drug-likeness (QED) is 0.590. The van der Waals surface area contributed by atoms with Crippen molar-refractivity contribution in [3.63, 3.8) is 0 Å². The molecule has 1 fully saturated rings. The van der Waals surface area contributed by atoms with E-state index in [0.29, 0.717) is 5.92 Å². The number of unbranched alkanes of at least 4 members (excludes halogenated alkanes) is 1. The van der Waals surface area contributed by atoms with Crippen LogP contribution in [-0.2, 0) is 13.1 Å².